The number of carbonyl (C=O) groups excluding carboxylic acids is 1. The second-order valence-corrected chi connectivity index (χ2v) is 4.18. The SMILES string of the molecule is Cn1nccc1CNC(=O)NC(C)(C(=O)O)C(F)(F)F. The maximum absolute atomic E-state index is 12.7. The van der Waals surface area contributed by atoms with Gasteiger partial charge in [-0.3, -0.25) is 4.68 Å². The molecule has 0 fully saturated rings. The first-order valence-electron chi connectivity index (χ1n) is 5.41. The summed E-state index contributed by atoms with van der Waals surface area (Å²) >= 11 is 0. The third-order valence-electron chi connectivity index (χ3n) is 2.71. The van der Waals surface area contributed by atoms with Gasteiger partial charge in [0.15, 0.2) is 0 Å². The highest BCUT2D eigenvalue weighted by Crippen LogP contribution is 2.30. The van der Waals surface area contributed by atoms with Gasteiger partial charge in [0, 0.05) is 13.2 Å². The first-order valence-corrected chi connectivity index (χ1v) is 5.41. The van der Waals surface area contributed by atoms with Crippen LogP contribution >= 0.6 is 0 Å². The number of aliphatic carboxylic acids is 1. The van der Waals surface area contributed by atoms with Crippen molar-refractivity contribution < 1.29 is 27.9 Å². The van der Waals surface area contributed by atoms with Crippen molar-refractivity contribution in [3.8, 4) is 0 Å². The molecule has 7 nitrogen and oxygen atoms in total. The molecule has 20 heavy (non-hydrogen) atoms. The van der Waals surface area contributed by atoms with Crippen molar-refractivity contribution in [3.63, 3.8) is 0 Å². The minimum absolute atomic E-state index is 0.0874. The molecule has 2 amide bonds. The van der Waals surface area contributed by atoms with Crippen molar-refractivity contribution in [2.24, 2.45) is 7.05 Å². The van der Waals surface area contributed by atoms with E-state index in [1.165, 1.54) is 16.2 Å². The molecule has 0 aromatic carbocycles. The molecule has 1 unspecified atom stereocenters. The van der Waals surface area contributed by atoms with Crippen LogP contribution in [0.1, 0.15) is 12.6 Å². The number of alkyl halides is 3. The molecule has 1 atom stereocenters. The van der Waals surface area contributed by atoms with E-state index < -0.39 is 23.7 Å². The van der Waals surface area contributed by atoms with Crippen LogP contribution in [0.25, 0.3) is 0 Å². The van der Waals surface area contributed by atoms with Crippen LogP contribution in [0, 0.1) is 0 Å². The molecule has 3 N–H and O–H groups in total. The van der Waals surface area contributed by atoms with Gasteiger partial charge in [0.25, 0.3) is 0 Å². The van der Waals surface area contributed by atoms with Crippen molar-refractivity contribution in [1.29, 1.82) is 0 Å². The van der Waals surface area contributed by atoms with Gasteiger partial charge in [0.2, 0.25) is 5.54 Å². The van der Waals surface area contributed by atoms with Crippen molar-refractivity contribution in [3.05, 3.63) is 18.0 Å². The number of nitrogens with one attached hydrogen (secondary N) is 2. The normalized spacial score (nSPS) is 14.4. The summed E-state index contributed by atoms with van der Waals surface area (Å²) in [6, 6.07) is 0.314. The third kappa shape index (κ3) is 3.19. The largest absolute Gasteiger partial charge is 0.479 e. The molecule has 0 aliphatic rings. The second kappa shape index (κ2) is 5.39. The first-order chi connectivity index (χ1) is 9.08. The van der Waals surface area contributed by atoms with E-state index in [9.17, 15) is 22.8 Å². The summed E-state index contributed by atoms with van der Waals surface area (Å²) in [5.41, 5.74) is -2.81. The van der Waals surface area contributed by atoms with Crippen LogP contribution < -0.4 is 10.6 Å². The molecule has 0 saturated heterocycles. The zero-order valence-electron chi connectivity index (χ0n) is 10.7. The number of hydrogen-bond acceptors (Lipinski definition) is 3. The van der Waals surface area contributed by atoms with Crippen LogP contribution in [0.2, 0.25) is 0 Å². The molecule has 0 radical (unpaired) electrons. The monoisotopic (exact) mass is 294 g/mol. The third-order valence-corrected chi connectivity index (χ3v) is 2.71. The smallest absolute Gasteiger partial charge is 0.422 e. The molecule has 0 spiro atoms. The van der Waals surface area contributed by atoms with Crippen LogP contribution in [-0.2, 0) is 18.4 Å². The van der Waals surface area contributed by atoms with Crippen LogP contribution in [-0.4, -0.2) is 38.6 Å². The van der Waals surface area contributed by atoms with Crippen LogP contribution in [0.4, 0.5) is 18.0 Å². The van der Waals surface area contributed by atoms with Crippen LogP contribution in [0.15, 0.2) is 12.3 Å². The standard InChI is InChI=1S/C10H13F3N4O3/c1-9(7(18)19,10(11,12)13)16-8(20)14-5-6-3-4-15-17(6)2/h3-4H,5H2,1-2H3,(H,18,19)(H2,14,16,20). The number of aromatic nitrogens is 2. The summed E-state index contributed by atoms with van der Waals surface area (Å²) in [5, 5.41) is 16.0. The molecule has 112 valence electrons. The van der Waals surface area contributed by atoms with Crippen molar-refractivity contribution in [2.45, 2.75) is 25.2 Å². The molecule has 1 heterocycles. The Morgan fingerprint density at radius 3 is 2.45 bits per heavy atom. The predicted molar refractivity (Wildman–Crippen MR) is 60.7 cm³/mol. The topological polar surface area (TPSA) is 96.3 Å². The Kier molecular flexibility index (Phi) is 4.26. The van der Waals surface area contributed by atoms with Gasteiger partial charge in [-0.1, -0.05) is 0 Å². The fraction of sp³-hybridized carbons (Fsp3) is 0.500. The van der Waals surface area contributed by atoms with Gasteiger partial charge >= 0.3 is 18.2 Å². The van der Waals surface area contributed by atoms with E-state index >= 15 is 0 Å². The summed E-state index contributed by atoms with van der Waals surface area (Å²) in [7, 11) is 1.59. The summed E-state index contributed by atoms with van der Waals surface area (Å²) < 4.78 is 39.4. The Morgan fingerprint density at radius 2 is 2.05 bits per heavy atom. The van der Waals surface area contributed by atoms with Crippen molar-refractivity contribution in [2.75, 3.05) is 0 Å². The van der Waals surface area contributed by atoms with Crippen LogP contribution in [0.5, 0.6) is 0 Å². The molecule has 0 saturated carbocycles. The molecule has 0 bridgehead atoms. The highest BCUT2D eigenvalue weighted by molar-refractivity contribution is 5.86. The molecule has 0 aliphatic carbocycles. The lowest BCUT2D eigenvalue weighted by Gasteiger charge is -2.28. The van der Waals surface area contributed by atoms with E-state index in [2.05, 4.69) is 10.4 Å². The highest BCUT2D eigenvalue weighted by atomic mass is 19.4. The first kappa shape index (κ1) is 15.8. The summed E-state index contributed by atoms with van der Waals surface area (Å²) in [6.45, 7) is 0.287. The predicted octanol–water partition coefficient (Wildman–Crippen LogP) is 0.625. The Morgan fingerprint density at radius 1 is 1.45 bits per heavy atom. The van der Waals surface area contributed by atoms with E-state index in [1.807, 2.05) is 0 Å². The minimum Gasteiger partial charge on any atom is -0.479 e. The number of carboxylic acid groups (broad SMARTS) is 1. The van der Waals surface area contributed by atoms with E-state index in [4.69, 9.17) is 5.11 Å². The number of rotatable bonds is 4. The number of halogens is 3. The van der Waals surface area contributed by atoms with E-state index in [-0.39, 0.29) is 6.54 Å². The summed E-state index contributed by atoms with van der Waals surface area (Å²) in [5.74, 6) is -2.19. The minimum atomic E-state index is -5.12. The molecule has 0 aliphatic heterocycles. The fourth-order valence-corrected chi connectivity index (χ4v) is 1.26. The molecular weight excluding hydrogens is 281 g/mol. The van der Waals surface area contributed by atoms with Gasteiger partial charge in [-0.2, -0.15) is 18.3 Å². The number of aryl methyl sites for hydroxylation is 1. The average Bonchev–Trinajstić information content (AvgIpc) is 2.70. The number of urea groups is 1. The Labute approximate surface area is 111 Å². The maximum atomic E-state index is 12.7. The molecule has 1 rings (SSSR count). The zero-order chi connectivity index (χ0) is 15.6. The summed E-state index contributed by atoms with van der Waals surface area (Å²) in [6.07, 6.45) is -3.67. The van der Waals surface area contributed by atoms with Gasteiger partial charge in [0.05, 0.1) is 12.2 Å². The highest BCUT2D eigenvalue weighted by Gasteiger charge is 2.58. The van der Waals surface area contributed by atoms with E-state index in [0.29, 0.717) is 12.6 Å². The number of carboxylic acids is 1. The summed E-state index contributed by atoms with van der Waals surface area (Å²) in [4.78, 5) is 22.1. The Balaban J connectivity index is 2.69. The molecule has 1 aromatic rings. The number of amides is 2. The van der Waals surface area contributed by atoms with Gasteiger partial charge in [-0.15, -0.1) is 0 Å². The number of hydrogen-bond donors (Lipinski definition) is 3. The average molecular weight is 294 g/mol. The fourth-order valence-electron chi connectivity index (χ4n) is 1.26. The van der Waals surface area contributed by atoms with Crippen molar-refractivity contribution >= 4 is 12.0 Å². The number of nitrogens with zero attached hydrogens (tertiary/aromatic N) is 2. The Bertz CT molecular complexity index is 514. The van der Waals surface area contributed by atoms with Gasteiger partial charge in [-0.05, 0) is 13.0 Å². The van der Waals surface area contributed by atoms with E-state index in [1.54, 1.807) is 13.1 Å². The Hall–Kier alpha value is -2.26. The maximum Gasteiger partial charge on any atom is 0.422 e. The molecular formula is C10H13F3N4O3. The van der Waals surface area contributed by atoms with Crippen LogP contribution in [0.3, 0.4) is 0 Å². The number of carbonyl (C=O) groups is 2. The second-order valence-electron chi connectivity index (χ2n) is 4.18. The van der Waals surface area contributed by atoms with E-state index in [0.717, 1.165) is 0 Å². The molecule has 1 aromatic heterocycles. The lowest BCUT2D eigenvalue weighted by Crippen LogP contribution is -2.63. The van der Waals surface area contributed by atoms with Crippen molar-refractivity contribution in [1.82, 2.24) is 20.4 Å². The lowest BCUT2D eigenvalue weighted by molar-refractivity contribution is -0.203. The molecule has 10 heteroatoms. The van der Waals surface area contributed by atoms with Gasteiger partial charge in [0.1, 0.15) is 0 Å². The van der Waals surface area contributed by atoms with Gasteiger partial charge in [-0.25, -0.2) is 9.59 Å². The van der Waals surface area contributed by atoms with Gasteiger partial charge < -0.3 is 15.7 Å². The zero-order valence-corrected chi connectivity index (χ0v) is 10.7. The quantitative estimate of drug-likeness (QED) is 0.758. The lowest BCUT2D eigenvalue weighted by atomic mass is 10.0.